The van der Waals surface area contributed by atoms with Gasteiger partial charge in [0.25, 0.3) is 0 Å². The highest BCUT2D eigenvalue weighted by Gasteiger charge is 2.34. The Kier molecular flexibility index (Phi) is 4.93. The standard InChI is InChI=1S/C12H21NO4/c1-8(12(16)17-3)6-13(7-9(2)14)11(15)10-4-5-10/h8-10,14H,4-7H2,1-3H3. The van der Waals surface area contributed by atoms with Crippen molar-refractivity contribution < 1.29 is 19.4 Å². The number of carbonyl (C=O) groups excluding carboxylic acids is 2. The number of rotatable bonds is 6. The number of hydrogen-bond donors (Lipinski definition) is 1. The maximum atomic E-state index is 12.0. The molecular formula is C12H21NO4. The highest BCUT2D eigenvalue weighted by atomic mass is 16.5. The van der Waals surface area contributed by atoms with E-state index in [4.69, 9.17) is 0 Å². The van der Waals surface area contributed by atoms with E-state index in [0.717, 1.165) is 12.8 Å². The predicted octanol–water partition coefficient (Wildman–Crippen LogP) is 0.415. The average Bonchev–Trinajstić information content (AvgIpc) is 3.09. The van der Waals surface area contributed by atoms with E-state index in [1.807, 2.05) is 0 Å². The van der Waals surface area contributed by atoms with Crippen LogP contribution in [0.5, 0.6) is 0 Å². The Morgan fingerprint density at radius 1 is 1.35 bits per heavy atom. The molecule has 0 aromatic heterocycles. The lowest BCUT2D eigenvalue weighted by Gasteiger charge is -2.26. The van der Waals surface area contributed by atoms with E-state index in [-0.39, 0.29) is 30.3 Å². The number of nitrogens with zero attached hydrogens (tertiary/aromatic N) is 1. The molecule has 0 aliphatic heterocycles. The first-order valence-electron chi connectivity index (χ1n) is 6.00. The van der Waals surface area contributed by atoms with Crippen molar-refractivity contribution in [3.63, 3.8) is 0 Å². The van der Waals surface area contributed by atoms with E-state index in [0.29, 0.717) is 6.54 Å². The number of aliphatic hydroxyl groups excluding tert-OH is 1. The molecule has 0 heterocycles. The minimum absolute atomic E-state index is 0.0432. The monoisotopic (exact) mass is 243 g/mol. The van der Waals surface area contributed by atoms with E-state index in [1.165, 1.54) is 7.11 Å². The van der Waals surface area contributed by atoms with Crippen LogP contribution in [0.4, 0.5) is 0 Å². The Bertz CT molecular complexity index is 286. The first-order chi connectivity index (χ1) is 7.95. The summed E-state index contributed by atoms with van der Waals surface area (Å²) in [7, 11) is 1.33. The summed E-state index contributed by atoms with van der Waals surface area (Å²) in [5, 5.41) is 9.37. The molecule has 5 nitrogen and oxygen atoms in total. The molecule has 0 spiro atoms. The lowest BCUT2D eigenvalue weighted by atomic mass is 10.1. The molecule has 1 aliphatic carbocycles. The number of amides is 1. The third kappa shape index (κ3) is 4.34. The van der Waals surface area contributed by atoms with Crippen LogP contribution >= 0.6 is 0 Å². The van der Waals surface area contributed by atoms with Crippen molar-refractivity contribution >= 4 is 11.9 Å². The topological polar surface area (TPSA) is 66.8 Å². The van der Waals surface area contributed by atoms with Crippen molar-refractivity contribution in [2.24, 2.45) is 11.8 Å². The van der Waals surface area contributed by atoms with Gasteiger partial charge in [-0.05, 0) is 19.8 Å². The van der Waals surface area contributed by atoms with Gasteiger partial charge in [-0.1, -0.05) is 6.92 Å². The van der Waals surface area contributed by atoms with Crippen LogP contribution in [0.2, 0.25) is 0 Å². The van der Waals surface area contributed by atoms with Crippen LogP contribution in [0.25, 0.3) is 0 Å². The zero-order valence-electron chi connectivity index (χ0n) is 10.7. The summed E-state index contributed by atoms with van der Waals surface area (Å²) in [4.78, 5) is 24.8. The number of methoxy groups -OCH3 is 1. The molecule has 1 amide bonds. The first kappa shape index (κ1) is 14.0. The lowest BCUT2D eigenvalue weighted by Crippen LogP contribution is -2.41. The number of hydrogen-bond acceptors (Lipinski definition) is 4. The number of ether oxygens (including phenoxy) is 1. The van der Waals surface area contributed by atoms with Crippen LogP contribution < -0.4 is 0 Å². The summed E-state index contributed by atoms with van der Waals surface area (Å²) in [5.74, 6) is -0.550. The molecule has 0 radical (unpaired) electrons. The second kappa shape index (κ2) is 6.00. The van der Waals surface area contributed by atoms with Gasteiger partial charge >= 0.3 is 5.97 Å². The van der Waals surface area contributed by atoms with Gasteiger partial charge in [-0.2, -0.15) is 0 Å². The summed E-state index contributed by atoms with van der Waals surface area (Å²) in [6, 6.07) is 0. The number of carbonyl (C=O) groups is 2. The number of esters is 1. The fraction of sp³-hybridized carbons (Fsp3) is 0.833. The summed E-state index contributed by atoms with van der Waals surface area (Å²) in [5.41, 5.74) is 0. The molecule has 0 bridgehead atoms. The molecule has 1 aliphatic rings. The molecule has 2 atom stereocenters. The summed E-state index contributed by atoms with van der Waals surface area (Å²) < 4.78 is 4.63. The van der Waals surface area contributed by atoms with Gasteiger partial charge in [-0.25, -0.2) is 0 Å². The van der Waals surface area contributed by atoms with Crippen molar-refractivity contribution in [1.82, 2.24) is 4.90 Å². The average molecular weight is 243 g/mol. The Morgan fingerprint density at radius 2 is 1.94 bits per heavy atom. The van der Waals surface area contributed by atoms with Crippen LogP contribution in [0, 0.1) is 11.8 Å². The smallest absolute Gasteiger partial charge is 0.310 e. The quantitative estimate of drug-likeness (QED) is 0.686. The third-order valence-electron chi connectivity index (χ3n) is 2.82. The minimum atomic E-state index is -0.581. The highest BCUT2D eigenvalue weighted by Crippen LogP contribution is 2.31. The van der Waals surface area contributed by atoms with Gasteiger partial charge in [-0.15, -0.1) is 0 Å². The zero-order valence-corrected chi connectivity index (χ0v) is 10.7. The number of aliphatic hydroxyl groups is 1. The van der Waals surface area contributed by atoms with Gasteiger partial charge in [0.2, 0.25) is 5.91 Å². The van der Waals surface area contributed by atoms with Gasteiger partial charge in [0.15, 0.2) is 0 Å². The Hall–Kier alpha value is -1.10. The first-order valence-corrected chi connectivity index (χ1v) is 6.00. The molecule has 0 aromatic rings. The molecule has 1 saturated carbocycles. The molecular weight excluding hydrogens is 222 g/mol. The molecule has 0 saturated heterocycles. The molecule has 1 fully saturated rings. The van der Waals surface area contributed by atoms with Crippen LogP contribution in [-0.2, 0) is 14.3 Å². The van der Waals surface area contributed by atoms with E-state index in [9.17, 15) is 14.7 Å². The van der Waals surface area contributed by atoms with E-state index < -0.39 is 6.10 Å². The Labute approximate surface area is 102 Å². The largest absolute Gasteiger partial charge is 0.469 e. The van der Waals surface area contributed by atoms with Crippen LogP contribution in [0.3, 0.4) is 0 Å². The van der Waals surface area contributed by atoms with Gasteiger partial charge < -0.3 is 14.7 Å². The zero-order chi connectivity index (χ0) is 13.0. The highest BCUT2D eigenvalue weighted by molar-refractivity contribution is 5.82. The molecule has 0 aromatic carbocycles. The van der Waals surface area contributed by atoms with Gasteiger partial charge in [0.05, 0.1) is 19.1 Å². The second-order valence-electron chi connectivity index (χ2n) is 4.79. The Morgan fingerprint density at radius 3 is 2.35 bits per heavy atom. The van der Waals surface area contributed by atoms with Crippen LogP contribution in [-0.4, -0.2) is 48.2 Å². The van der Waals surface area contributed by atoms with Crippen molar-refractivity contribution in [3.05, 3.63) is 0 Å². The summed E-state index contributed by atoms with van der Waals surface area (Å²) >= 11 is 0. The van der Waals surface area contributed by atoms with E-state index in [1.54, 1.807) is 18.7 Å². The van der Waals surface area contributed by atoms with Gasteiger partial charge in [0, 0.05) is 19.0 Å². The molecule has 17 heavy (non-hydrogen) atoms. The predicted molar refractivity (Wildman–Crippen MR) is 62.2 cm³/mol. The Balaban J connectivity index is 2.56. The van der Waals surface area contributed by atoms with Crippen LogP contribution in [0.1, 0.15) is 26.7 Å². The minimum Gasteiger partial charge on any atom is -0.469 e. The van der Waals surface area contributed by atoms with Crippen molar-refractivity contribution in [3.8, 4) is 0 Å². The van der Waals surface area contributed by atoms with E-state index in [2.05, 4.69) is 4.74 Å². The summed E-state index contributed by atoms with van der Waals surface area (Å²) in [6.45, 7) is 3.95. The maximum Gasteiger partial charge on any atom is 0.310 e. The van der Waals surface area contributed by atoms with Crippen molar-refractivity contribution in [2.45, 2.75) is 32.8 Å². The molecule has 1 rings (SSSR count). The molecule has 98 valence electrons. The van der Waals surface area contributed by atoms with Crippen molar-refractivity contribution in [2.75, 3.05) is 20.2 Å². The normalized spacial score (nSPS) is 18.4. The molecule has 2 unspecified atom stereocenters. The van der Waals surface area contributed by atoms with Crippen LogP contribution in [0.15, 0.2) is 0 Å². The SMILES string of the molecule is COC(=O)C(C)CN(CC(C)O)C(=O)C1CC1. The second-order valence-corrected chi connectivity index (χ2v) is 4.79. The maximum absolute atomic E-state index is 12.0. The van der Waals surface area contributed by atoms with E-state index >= 15 is 0 Å². The summed E-state index contributed by atoms with van der Waals surface area (Å²) in [6.07, 6.45) is 1.26. The third-order valence-corrected chi connectivity index (χ3v) is 2.82. The fourth-order valence-corrected chi connectivity index (χ4v) is 1.77. The van der Waals surface area contributed by atoms with Gasteiger partial charge in [-0.3, -0.25) is 9.59 Å². The molecule has 5 heteroatoms. The van der Waals surface area contributed by atoms with Crippen molar-refractivity contribution in [1.29, 1.82) is 0 Å². The van der Waals surface area contributed by atoms with Gasteiger partial charge in [0.1, 0.15) is 0 Å². The molecule has 1 N–H and O–H groups in total. The lowest BCUT2D eigenvalue weighted by molar-refractivity contribution is -0.147. The fourth-order valence-electron chi connectivity index (χ4n) is 1.77.